The van der Waals surface area contributed by atoms with E-state index in [1.54, 1.807) is 40.6 Å². The summed E-state index contributed by atoms with van der Waals surface area (Å²) in [5.74, 6) is -0.176. The zero-order chi connectivity index (χ0) is 43.6. The van der Waals surface area contributed by atoms with Crippen molar-refractivity contribution in [2.45, 2.75) is 66.3 Å². The van der Waals surface area contributed by atoms with Crippen LogP contribution in [0.3, 0.4) is 0 Å². The quantitative estimate of drug-likeness (QED) is 0.0480. The molecule has 19 heteroatoms. The molecule has 5 rings (SSSR count). The number of aromatic nitrogens is 6. The molecule has 4 amide bonds. The normalized spacial score (nSPS) is 11.8. The van der Waals surface area contributed by atoms with Crippen LogP contribution >= 0.6 is 0 Å². The molecule has 0 radical (unpaired) electrons. The third kappa shape index (κ3) is 11.0. The number of aryl methyl sites for hydroxylation is 2. The van der Waals surface area contributed by atoms with Gasteiger partial charge in [-0.2, -0.15) is 5.10 Å². The number of benzene rings is 2. The molecule has 320 valence electrons. The molecule has 2 aromatic carbocycles. The van der Waals surface area contributed by atoms with Gasteiger partial charge in [-0.05, 0) is 77.9 Å². The summed E-state index contributed by atoms with van der Waals surface area (Å²) in [5.41, 5.74) is 14.3. The third-order valence-corrected chi connectivity index (χ3v) is 8.99. The fourth-order valence-corrected chi connectivity index (χ4v) is 6.34. The number of nitrogens with two attached hydrogens (primary N) is 2. The molecule has 3 aromatic heterocycles. The lowest BCUT2D eigenvalue weighted by Gasteiger charge is -2.19. The number of imidazole rings is 2. The van der Waals surface area contributed by atoms with Gasteiger partial charge < -0.3 is 50.8 Å². The van der Waals surface area contributed by atoms with Gasteiger partial charge in [0.1, 0.15) is 40.4 Å². The average Bonchev–Trinajstić information content (AvgIpc) is 3.87. The van der Waals surface area contributed by atoms with E-state index in [1.165, 1.54) is 13.2 Å². The van der Waals surface area contributed by atoms with Crippen LogP contribution < -0.4 is 42.2 Å². The first-order valence-electron chi connectivity index (χ1n) is 19.5. The second kappa shape index (κ2) is 19.7. The van der Waals surface area contributed by atoms with Crippen LogP contribution in [0.1, 0.15) is 71.0 Å². The highest BCUT2D eigenvalue weighted by Crippen LogP contribution is 2.33. The molecule has 0 fully saturated rings. The fraction of sp³-hybridized carbons (Fsp3) is 0.390. The average molecular weight is 827 g/mol. The number of allylic oxidation sites excluding steroid dienone is 2. The molecule has 0 saturated heterocycles. The molecule has 5 aromatic rings. The van der Waals surface area contributed by atoms with Crippen LogP contribution in [0.25, 0.3) is 22.1 Å². The van der Waals surface area contributed by atoms with Crippen molar-refractivity contribution in [3.05, 3.63) is 77.2 Å². The predicted molar refractivity (Wildman–Crippen MR) is 229 cm³/mol. The van der Waals surface area contributed by atoms with Crippen molar-refractivity contribution >= 4 is 57.8 Å². The summed E-state index contributed by atoms with van der Waals surface area (Å²) in [5, 5.41) is 16.4. The van der Waals surface area contributed by atoms with Gasteiger partial charge in [0.15, 0.2) is 0 Å². The zero-order valence-electron chi connectivity index (χ0n) is 35.0. The van der Waals surface area contributed by atoms with Crippen molar-refractivity contribution in [2.75, 3.05) is 51.0 Å². The molecule has 0 aliphatic rings. The zero-order valence-corrected chi connectivity index (χ0v) is 35.0. The first-order valence-corrected chi connectivity index (χ1v) is 19.5. The van der Waals surface area contributed by atoms with E-state index in [0.717, 1.165) is 6.42 Å². The highest BCUT2D eigenvalue weighted by molar-refractivity contribution is 6.04. The summed E-state index contributed by atoms with van der Waals surface area (Å²) >= 11 is 0. The number of amides is 4. The Morgan fingerprint density at radius 3 is 2.05 bits per heavy atom. The number of alkyl carbamates (subject to hydrolysis) is 1. The molecule has 0 saturated carbocycles. The van der Waals surface area contributed by atoms with Crippen LogP contribution in [-0.4, -0.2) is 98.7 Å². The van der Waals surface area contributed by atoms with Crippen molar-refractivity contribution < 1.29 is 33.4 Å². The Morgan fingerprint density at radius 2 is 1.45 bits per heavy atom. The Kier molecular flexibility index (Phi) is 14.5. The summed E-state index contributed by atoms with van der Waals surface area (Å²) in [4.78, 5) is 59.2. The Morgan fingerprint density at radius 1 is 0.833 bits per heavy atom. The maximum absolute atomic E-state index is 13.5. The van der Waals surface area contributed by atoms with E-state index in [-0.39, 0.29) is 30.2 Å². The largest absolute Gasteiger partial charge is 0.494 e. The van der Waals surface area contributed by atoms with Crippen LogP contribution in [-0.2, 0) is 24.4 Å². The van der Waals surface area contributed by atoms with E-state index in [1.807, 2.05) is 63.5 Å². The number of nitrogens with one attached hydrogen (secondary N) is 4. The highest BCUT2D eigenvalue weighted by Gasteiger charge is 2.22. The summed E-state index contributed by atoms with van der Waals surface area (Å²) in [6.07, 6.45) is 7.88. The minimum Gasteiger partial charge on any atom is -0.494 e. The van der Waals surface area contributed by atoms with E-state index < -0.39 is 29.4 Å². The smallest absolute Gasteiger partial charge is 0.407 e. The molecular formula is C41H54N12O7. The lowest BCUT2D eigenvalue weighted by Crippen LogP contribution is -2.33. The van der Waals surface area contributed by atoms with E-state index in [4.69, 9.17) is 30.7 Å². The topological polar surface area (TPSA) is 250 Å². The SMILES string of the molecule is CCn1nc(C)cc1C(=O)Nc1nc2cc(C(N)=O)cc(OC)c2n1C/C=C/Cn1c(NC)nc2cc(C(N)=O)cc(OC/C=C/CNCCCNC(=O)OC(C)(C)C)c21. The molecule has 60 heavy (non-hydrogen) atoms. The maximum Gasteiger partial charge on any atom is 0.407 e. The minimum atomic E-state index is -0.650. The molecule has 0 spiro atoms. The maximum atomic E-state index is 13.5. The number of hydrogen-bond donors (Lipinski definition) is 6. The van der Waals surface area contributed by atoms with E-state index in [0.29, 0.717) is 83.6 Å². The van der Waals surface area contributed by atoms with Crippen molar-refractivity contribution in [1.29, 1.82) is 0 Å². The Hall–Kier alpha value is -6.89. The number of hydrogen-bond acceptors (Lipinski definition) is 12. The molecule has 8 N–H and O–H groups in total. The standard InChI is InChI=1S/C41H54N12O7/c1-8-53-30(20-25(2)50-53)37(56)49-39-48-28-21-26(35(42)54)23-31(58-7)33(28)52(39)18-11-10-17-51-34-29(47-38(51)44-6)22-27(36(43)55)24-32(34)59-19-12-9-14-45-15-13-16-46-40(57)60-41(3,4)5/h9-12,20-24,45H,8,13-19H2,1-7H3,(H2,42,54)(H2,43,55)(H,44,47)(H,46,57)(H,48,49,56)/b11-10+,12-9+. The van der Waals surface area contributed by atoms with Crippen LogP contribution in [0.4, 0.5) is 16.7 Å². The number of rotatable bonds is 20. The summed E-state index contributed by atoms with van der Waals surface area (Å²) in [7, 11) is 3.22. The lowest BCUT2D eigenvalue weighted by atomic mass is 10.1. The van der Waals surface area contributed by atoms with Gasteiger partial charge >= 0.3 is 6.09 Å². The van der Waals surface area contributed by atoms with Crippen LogP contribution in [0, 0.1) is 6.92 Å². The van der Waals surface area contributed by atoms with Gasteiger partial charge in [-0.3, -0.25) is 24.4 Å². The van der Waals surface area contributed by atoms with Crippen molar-refractivity contribution in [1.82, 2.24) is 39.5 Å². The van der Waals surface area contributed by atoms with Gasteiger partial charge in [-0.25, -0.2) is 14.8 Å². The summed E-state index contributed by atoms with van der Waals surface area (Å²) < 4.78 is 22.4. The molecule has 0 unspecified atom stereocenters. The molecule has 0 atom stereocenters. The van der Waals surface area contributed by atoms with E-state index in [9.17, 15) is 19.2 Å². The van der Waals surface area contributed by atoms with Gasteiger partial charge in [-0.1, -0.05) is 24.3 Å². The lowest BCUT2D eigenvalue weighted by molar-refractivity contribution is 0.0526. The van der Waals surface area contributed by atoms with E-state index in [2.05, 4.69) is 31.3 Å². The van der Waals surface area contributed by atoms with Gasteiger partial charge in [0.2, 0.25) is 23.7 Å². The van der Waals surface area contributed by atoms with E-state index >= 15 is 0 Å². The van der Waals surface area contributed by atoms with Gasteiger partial charge in [0.05, 0.1) is 23.8 Å². The number of methoxy groups -OCH3 is 1. The highest BCUT2D eigenvalue weighted by atomic mass is 16.6. The molecule has 0 bridgehead atoms. The third-order valence-electron chi connectivity index (χ3n) is 8.99. The predicted octanol–water partition coefficient (Wildman–Crippen LogP) is 4.11. The second-order valence-electron chi connectivity index (χ2n) is 14.6. The van der Waals surface area contributed by atoms with Crippen molar-refractivity contribution in [3.63, 3.8) is 0 Å². The second-order valence-corrected chi connectivity index (χ2v) is 14.6. The Balaban J connectivity index is 1.33. The number of anilines is 2. The van der Waals surface area contributed by atoms with Crippen molar-refractivity contribution in [2.24, 2.45) is 11.5 Å². The van der Waals surface area contributed by atoms with Crippen molar-refractivity contribution in [3.8, 4) is 11.5 Å². The first kappa shape index (κ1) is 44.2. The summed E-state index contributed by atoms with van der Waals surface area (Å²) in [6, 6.07) is 8.00. The number of fused-ring (bicyclic) bond motifs is 2. The summed E-state index contributed by atoms with van der Waals surface area (Å²) in [6.45, 7) is 12.2. The number of carbonyl (C=O) groups is 4. The van der Waals surface area contributed by atoms with Gasteiger partial charge in [0.25, 0.3) is 5.91 Å². The molecule has 0 aliphatic carbocycles. The minimum absolute atomic E-state index is 0.204. The van der Waals surface area contributed by atoms with Gasteiger partial charge in [0, 0.05) is 50.9 Å². The molecule has 3 heterocycles. The fourth-order valence-electron chi connectivity index (χ4n) is 6.34. The number of primary amides is 2. The first-order chi connectivity index (χ1) is 28.6. The Labute approximate surface area is 347 Å². The molecular weight excluding hydrogens is 773 g/mol. The Bertz CT molecular complexity index is 2420. The molecule has 19 nitrogen and oxygen atoms in total. The van der Waals surface area contributed by atoms with Crippen LogP contribution in [0.15, 0.2) is 54.6 Å². The monoisotopic (exact) mass is 826 g/mol. The molecule has 0 aliphatic heterocycles. The van der Waals surface area contributed by atoms with Crippen LogP contribution in [0.5, 0.6) is 11.5 Å². The number of carbonyl (C=O) groups excluding carboxylic acids is 4. The number of nitrogens with zero attached hydrogens (tertiary/aromatic N) is 6. The van der Waals surface area contributed by atoms with Gasteiger partial charge in [-0.15, -0.1) is 0 Å². The number of ether oxygens (including phenoxy) is 3. The van der Waals surface area contributed by atoms with Crippen LogP contribution in [0.2, 0.25) is 0 Å².